The highest BCUT2D eigenvalue weighted by molar-refractivity contribution is 6.26. The molecule has 3 rings (SSSR count). The maximum atomic E-state index is 12.8. The van der Waals surface area contributed by atoms with Crippen molar-refractivity contribution in [1.82, 2.24) is 4.90 Å². The number of fused-ring (bicyclic) bond motifs is 1. The first kappa shape index (κ1) is 20.6. The molecule has 152 valence electrons. The number of hydrogen-bond acceptors (Lipinski definition) is 7. The average Bonchev–Trinajstić information content (AvgIpc) is 2.97. The number of nitro benzene ring substituents is 1. The van der Waals surface area contributed by atoms with Crippen molar-refractivity contribution >= 4 is 35.3 Å². The normalized spacial score (nSPS) is 13.2. The fourth-order valence-electron chi connectivity index (χ4n) is 2.97. The van der Waals surface area contributed by atoms with E-state index in [4.69, 9.17) is 4.74 Å². The summed E-state index contributed by atoms with van der Waals surface area (Å²) >= 11 is 0. The monoisotopic (exact) mass is 408 g/mol. The van der Waals surface area contributed by atoms with Gasteiger partial charge in [-0.25, -0.2) is 4.79 Å². The Bertz CT molecular complexity index is 1070. The summed E-state index contributed by atoms with van der Waals surface area (Å²) in [4.78, 5) is 61.2. The lowest BCUT2D eigenvalue weighted by molar-refractivity contribution is -0.384. The smallest absolute Gasteiger partial charge is 0.341 e. The third-order valence-electron chi connectivity index (χ3n) is 4.37. The van der Waals surface area contributed by atoms with Gasteiger partial charge in [-0.05, 0) is 30.7 Å². The lowest BCUT2D eigenvalue weighted by Gasteiger charge is -2.14. The first-order valence-electron chi connectivity index (χ1n) is 8.95. The third-order valence-corrected chi connectivity index (χ3v) is 4.37. The number of esters is 1. The first-order valence-corrected chi connectivity index (χ1v) is 8.95. The summed E-state index contributed by atoms with van der Waals surface area (Å²) in [6, 6.07) is 11.5. The Hall–Kier alpha value is -4.14. The van der Waals surface area contributed by atoms with Crippen LogP contribution in [-0.4, -0.2) is 46.5 Å². The van der Waals surface area contributed by atoms with E-state index in [9.17, 15) is 29.3 Å². The van der Waals surface area contributed by atoms with E-state index in [0.717, 1.165) is 11.0 Å². The SMILES string of the molecule is CCOC(=O)C(=Cc1cccc([N+](=O)[O-])c1)C(=O)CN1C(=O)c2ccccc2C1=O. The minimum absolute atomic E-state index is 0.00852. The molecule has 1 aliphatic rings. The van der Waals surface area contributed by atoms with Gasteiger partial charge in [-0.15, -0.1) is 0 Å². The van der Waals surface area contributed by atoms with E-state index in [1.165, 1.54) is 36.4 Å². The molecule has 2 aromatic rings. The predicted molar refractivity (Wildman–Crippen MR) is 105 cm³/mol. The van der Waals surface area contributed by atoms with Crippen molar-refractivity contribution in [1.29, 1.82) is 0 Å². The number of benzene rings is 2. The van der Waals surface area contributed by atoms with Gasteiger partial charge >= 0.3 is 5.97 Å². The van der Waals surface area contributed by atoms with Crippen LogP contribution in [0.25, 0.3) is 6.08 Å². The number of ketones is 1. The molecular formula is C21H16N2O7. The van der Waals surface area contributed by atoms with Crippen LogP contribution in [0, 0.1) is 10.1 Å². The highest BCUT2D eigenvalue weighted by atomic mass is 16.6. The van der Waals surface area contributed by atoms with Crippen LogP contribution in [-0.2, 0) is 14.3 Å². The van der Waals surface area contributed by atoms with Crippen LogP contribution in [0.3, 0.4) is 0 Å². The maximum absolute atomic E-state index is 12.8. The minimum Gasteiger partial charge on any atom is -0.462 e. The van der Waals surface area contributed by atoms with E-state index in [-0.39, 0.29) is 29.0 Å². The molecule has 0 saturated carbocycles. The van der Waals surface area contributed by atoms with Crippen molar-refractivity contribution in [3.63, 3.8) is 0 Å². The number of nitro groups is 1. The van der Waals surface area contributed by atoms with Crippen molar-refractivity contribution in [3.8, 4) is 0 Å². The molecule has 30 heavy (non-hydrogen) atoms. The van der Waals surface area contributed by atoms with E-state index in [2.05, 4.69) is 0 Å². The molecular weight excluding hydrogens is 392 g/mol. The molecule has 0 unspecified atom stereocenters. The van der Waals surface area contributed by atoms with Gasteiger partial charge in [-0.1, -0.05) is 24.3 Å². The summed E-state index contributed by atoms with van der Waals surface area (Å²) in [5.41, 5.74) is -0.0667. The quantitative estimate of drug-likeness (QED) is 0.131. The molecule has 0 atom stereocenters. The standard InChI is InChI=1S/C21H16N2O7/c1-2-30-21(27)17(11-13-6-5-7-14(10-13)23(28)29)18(24)12-22-19(25)15-8-3-4-9-16(15)20(22)26/h3-11H,2,12H2,1H3. The zero-order valence-corrected chi connectivity index (χ0v) is 15.9. The molecule has 0 aliphatic carbocycles. The second-order valence-corrected chi connectivity index (χ2v) is 6.30. The van der Waals surface area contributed by atoms with Gasteiger partial charge in [-0.2, -0.15) is 0 Å². The van der Waals surface area contributed by atoms with Crippen LogP contribution in [0.4, 0.5) is 5.69 Å². The molecule has 2 amide bonds. The predicted octanol–water partition coefficient (Wildman–Crippen LogP) is 2.41. The summed E-state index contributed by atoms with van der Waals surface area (Å²) in [5, 5.41) is 11.0. The average molecular weight is 408 g/mol. The van der Waals surface area contributed by atoms with Gasteiger partial charge < -0.3 is 4.74 Å². The van der Waals surface area contributed by atoms with Crippen LogP contribution in [0.1, 0.15) is 33.2 Å². The Labute approximate surface area is 170 Å². The van der Waals surface area contributed by atoms with Crippen molar-refractivity contribution in [2.45, 2.75) is 6.92 Å². The minimum atomic E-state index is -0.953. The number of rotatable bonds is 7. The topological polar surface area (TPSA) is 124 Å². The van der Waals surface area contributed by atoms with Crippen LogP contribution in [0.15, 0.2) is 54.1 Å². The molecule has 9 nitrogen and oxygen atoms in total. The van der Waals surface area contributed by atoms with Crippen molar-refractivity contribution in [2.24, 2.45) is 0 Å². The van der Waals surface area contributed by atoms with Crippen LogP contribution in [0.5, 0.6) is 0 Å². The summed E-state index contributed by atoms with van der Waals surface area (Å²) in [7, 11) is 0. The van der Waals surface area contributed by atoms with Crippen molar-refractivity contribution in [3.05, 3.63) is 80.9 Å². The molecule has 9 heteroatoms. The van der Waals surface area contributed by atoms with Gasteiger partial charge in [0.2, 0.25) is 0 Å². The second-order valence-electron chi connectivity index (χ2n) is 6.30. The molecule has 0 radical (unpaired) electrons. The van der Waals surface area contributed by atoms with Gasteiger partial charge in [0.25, 0.3) is 17.5 Å². The number of ether oxygens (including phenoxy) is 1. The maximum Gasteiger partial charge on any atom is 0.341 e. The summed E-state index contributed by atoms with van der Waals surface area (Å²) in [6.45, 7) is 0.884. The van der Waals surface area contributed by atoms with E-state index < -0.39 is 40.6 Å². The van der Waals surface area contributed by atoms with E-state index >= 15 is 0 Å². The molecule has 0 N–H and O–H groups in total. The van der Waals surface area contributed by atoms with Gasteiger partial charge in [0.05, 0.1) is 29.2 Å². The Morgan fingerprint density at radius 2 is 1.70 bits per heavy atom. The number of carbonyl (C=O) groups is 4. The number of carbonyl (C=O) groups excluding carboxylic acids is 4. The Balaban J connectivity index is 1.92. The molecule has 0 spiro atoms. The zero-order chi connectivity index (χ0) is 21.8. The molecule has 1 aliphatic heterocycles. The van der Waals surface area contributed by atoms with Gasteiger partial charge in [0, 0.05) is 12.1 Å². The number of hydrogen-bond donors (Lipinski definition) is 0. The first-order chi connectivity index (χ1) is 14.3. The van der Waals surface area contributed by atoms with E-state index in [1.807, 2.05) is 0 Å². The largest absolute Gasteiger partial charge is 0.462 e. The fourth-order valence-corrected chi connectivity index (χ4v) is 2.97. The summed E-state index contributed by atoms with van der Waals surface area (Å²) in [5.74, 6) is -3.05. The number of amides is 2. The molecule has 0 aromatic heterocycles. The zero-order valence-electron chi connectivity index (χ0n) is 15.9. The lowest BCUT2D eigenvalue weighted by Crippen LogP contribution is -2.36. The Kier molecular flexibility index (Phi) is 5.82. The molecule has 0 saturated heterocycles. The van der Waals surface area contributed by atoms with E-state index in [1.54, 1.807) is 19.1 Å². The van der Waals surface area contributed by atoms with Crippen LogP contribution < -0.4 is 0 Å². The number of imide groups is 1. The van der Waals surface area contributed by atoms with Crippen molar-refractivity contribution in [2.75, 3.05) is 13.2 Å². The molecule has 0 bridgehead atoms. The Morgan fingerprint density at radius 1 is 1.07 bits per heavy atom. The number of non-ortho nitro benzene ring substituents is 1. The lowest BCUT2D eigenvalue weighted by atomic mass is 10.1. The fraction of sp³-hybridized carbons (Fsp3) is 0.143. The summed E-state index contributed by atoms with van der Waals surface area (Å²) < 4.78 is 4.90. The highest BCUT2D eigenvalue weighted by Gasteiger charge is 2.37. The number of nitrogens with zero attached hydrogens (tertiary/aromatic N) is 2. The number of Topliss-reactive ketones (excluding diaryl/α,β-unsaturated/α-hetero) is 1. The third kappa shape index (κ3) is 4.00. The molecule has 2 aromatic carbocycles. The van der Waals surface area contributed by atoms with Crippen LogP contribution in [0.2, 0.25) is 0 Å². The highest BCUT2D eigenvalue weighted by Crippen LogP contribution is 2.23. The molecule has 1 heterocycles. The van der Waals surface area contributed by atoms with Crippen molar-refractivity contribution < 1.29 is 28.8 Å². The Morgan fingerprint density at radius 3 is 2.27 bits per heavy atom. The van der Waals surface area contributed by atoms with E-state index in [0.29, 0.717) is 0 Å². The van der Waals surface area contributed by atoms with Gasteiger partial charge in [-0.3, -0.25) is 29.4 Å². The summed E-state index contributed by atoms with van der Waals surface area (Å²) in [6.07, 6.45) is 1.14. The van der Waals surface area contributed by atoms with Gasteiger partial charge in [0.15, 0.2) is 5.78 Å². The second kappa shape index (κ2) is 8.48. The van der Waals surface area contributed by atoms with Gasteiger partial charge in [0.1, 0.15) is 5.57 Å². The van der Waals surface area contributed by atoms with Crippen LogP contribution >= 0.6 is 0 Å². The molecule has 0 fully saturated rings.